The van der Waals surface area contributed by atoms with Gasteiger partial charge in [-0.1, -0.05) is 41.2 Å². The van der Waals surface area contributed by atoms with E-state index in [2.05, 4.69) is 47.9 Å². The zero-order valence-electron chi connectivity index (χ0n) is 27.4. The summed E-state index contributed by atoms with van der Waals surface area (Å²) in [6.07, 6.45) is 10.5. The molecule has 1 amide bonds. The molecule has 3 rings (SSSR count). The van der Waals surface area contributed by atoms with E-state index in [1.54, 1.807) is 19.4 Å². The second-order valence-corrected chi connectivity index (χ2v) is 10.8. The SMILES string of the molecule is C=C/C(OC)=C(\C=C1/CC(Oc2ccc(NC)cc2)=CC=N1)OCCN1CCCOCC1.CC.CC(C)(C)CCNC=O. The number of rotatable bonds is 13. The monoisotopic (exact) mass is 598 g/mol. The maximum absolute atomic E-state index is 9.78. The second kappa shape index (κ2) is 22.0. The molecule has 2 N–H and O–H groups in total. The van der Waals surface area contributed by atoms with E-state index in [1.165, 1.54) is 0 Å². The first-order valence-electron chi connectivity index (χ1n) is 15.2. The molecular weight excluding hydrogens is 544 g/mol. The molecule has 2 heterocycles. The topological polar surface area (TPSA) is 93.7 Å². The Morgan fingerprint density at radius 1 is 1.14 bits per heavy atom. The predicted octanol–water partition coefficient (Wildman–Crippen LogP) is 6.33. The highest BCUT2D eigenvalue weighted by Gasteiger charge is 2.14. The zero-order valence-corrected chi connectivity index (χ0v) is 27.4. The summed E-state index contributed by atoms with van der Waals surface area (Å²) >= 11 is 0. The zero-order chi connectivity index (χ0) is 31.9. The lowest BCUT2D eigenvalue weighted by Gasteiger charge is -2.20. The number of allylic oxidation sites excluding steroid dienone is 3. The van der Waals surface area contributed by atoms with Crippen LogP contribution in [0.3, 0.4) is 0 Å². The third-order valence-corrected chi connectivity index (χ3v) is 6.28. The number of amides is 1. The van der Waals surface area contributed by atoms with Crippen LogP contribution in [0.5, 0.6) is 5.75 Å². The number of carbonyl (C=O) groups is 1. The molecule has 1 fully saturated rings. The molecule has 0 aliphatic carbocycles. The molecule has 43 heavy (non-hydrogen) atoms. The highest BCUT2D eigenvalue weighted by molar-refractivity contribution is 5.74. The molecule has 0 bridgehead atoms. The van der Waals surface area contributed by atoms with Crippen LogP contribution in [0.25, 0.3) is 0 Å². The van der Waals surface area contributed by atoms with Crippen molar-refractivity contribution in [2.75, 3.05) is 65.5 Å². The second-order valence-electron chi connectivity index (χ2n) is 10.8. The number of anilines is 1. The lowest BCUT2D eigenvalue weighted by molar-refractivity contribution is -0.109. The molecule has 0 spiro atoms. The smallest absolute Gasteiger partial charge is 0.207 e. The van der Waals surface area contributed by atoms with Crippen LogP contribution in [0, 0.1) is 5.41 Å². The first-order valence-corrected chi connectivity index (χ1v) is 15.2. The fraction of sp³-hybridized carbons (Fsp3) is 0.529. The number of nitrogens with one attached hydrogen (secondary N) is 2. The molecular formula is C34H54N4O5. The minimum Gasteiger partial charge on any atom is -0.493 e. The molecule has 2 aliphatic rings. The van der Waals surface area contributed by atoms with Gasteiger partial charge in [-0.15, -0.1) is 0 Å². The molecule has 1 aromatic rings. The van der Waals surface area contributed by atoms with Crippen molar-refractivity contribution in [3.63, 3.8) is 0 Å². The number of carbonyl (C=O) groups excluding carboxylic acids is 1. The average Bonchev–Trinajstić information content (AvgIpc) is 3.28. The van der Waals surface area contributed by atoms with Gasteiger partial charge in [-0.2, -0.15) is 0 Å². The number of hydrogen-bond donors (Lipinski definition) is 2. The summed E-state index contributed by atoms with van der Waals surface area (Å²) in [6, 6.07) is 7.82. The Bertz CT molecular complexity index is 1050. The van der Waals surface area contributed by atoms with Crippen molar-refractivity contribution in [3.05, 3.63) is 72.0 Å². The van der Waals surface area contributed by atoms with Crippen molar-refractivity contribution in [1.82, 2.24) is 10.2 Å². The van der Waals surface area contributed by atoms with E-state index in [4.69, 9.17) is 18.9 Å². The Hall–Kier alpha value is -3.56. The van der Waals surface area contributed by atoms with E-state index in [0.29, 0.717) is 30.0 Å². The third kappa shape index (κ3) is 16.6. The van der Waals surface area contributed by atoms with Crippen molar-refractivity contribution < 1.29 is 23.7 Å². The molecule has 1 saturated heterocycles. The van der Waals surface area contributed by atoms with E-state index in [9.17, 15) is 4.79 Å². The van der Waals surface area contributed by atoms with Crippen LogP contribution in [-0.4, -0.2) is 77.7 Å². The van der Waals surface area contributed by atoms with Gasteiger partial charge in [-0.3, -0.25) is 14.7 Å². The van der Waals surface area contributed by atoms with Gasteiger partial charge in [0.1, 0.15) is 18.1 Å². The Morgan fingerprint density at radius 3 is 2.51 bits per heavy atom. The molecule has 0 unspecified atom stereocenters. The summed E-state index contributed by atoms with van der Waals surface area (Å²) in [7, 11) is 3.50. The van der Waals surface area contributed by atoms with Gasteiger partial charge in [0.15, 0.2) is 11.5 Å². The van der Waals surface area contributed by atoms with Gasteiger partial charge in [-0.05, 0) is 54.7 Å². The fourth-order valence-electron chi connectivity index (χ4n) is 3.93. The standard InChI is InChI=1S/C25H33N3O4.C7H15NO.C2H6/c1-4-24(29-3)25(31-17-14-28-12-5-15-30-16-13-28)19-21-18-23(10-11-27-21)32-22-8-6-20(26-2)7-9-22;1-7(2,3)4-5-8-6-9;1-2/h4,6-11,19,26H,1,5,12-18H2,2-3H3;6H,4-5H2,1-3H3,(H,8,9);1-2H3/b21-19+,25-24-;;. The first kappa shape index (κ1) is 37.5. The van der Waals surface area contributed by atoms with Gasteiger partial charge in [0.05, 0.1) is 19.4 Å². The summed E-state index contributed by atoms with van der Waals surface area (Å²) in [4.78, 5) is 16.6. The van der Waals surface area contributed by atoms with E-state index < -0.39 is 0 Å². The van der Waals surface area contributed by atoms with Crippen LogP contribution in [0.2, 0.25) is 0 Å². The maximum atomic E-state index is 9.78. The molecule has 0 saturated carbocycles. The van der Waals surface area contributed by atoms with E-state index in [1.807, 2.05) is 57.3 Å². The fourth-order valence-corrected chi connectivity index (χ4v) is 3.93. The van der Waals surface area contributed by atoms with Gasteiger partial charge in [0.2, 0.25) is 6.41 Å². The van der Waals surface area contributed by atoms with Crippen LogP contribution < -0.4 is 15.4 Å². The summed E-state index contributed by atoms with van der Waals surface area (Å²) in [5.74, 6) is 2.78. The van der Waals surface area contributed by atoms with Crippen molar-refractivity contribution in [3.8, 4) is 5.75 Å². The number of methoxy groups -OCH3 is 1. The summed E-state index contributed by atoms with van der Waals surface area (Å²) in [5, 5.41) is 5.72. The number of aliphatic imine (C=N–C) groups is 1. The number of nitrogens with zero attached hydrogens (tertiary/aromatic N) is 2. The van der Waals surface area contributed by atoms with Gasteiger partial charge in [0, 0.05) is 64.2 Å². The molecule has 9 nitrogen and oxygen atoms in total. The molecule has 9 heteroatoms. The third-order valence-electron chi connectivity index (χ3n) is 6.28. The lowest BCUT2D eigenvalue weighted by atomic mass is 9.92. The van der Waals surface area contributed by atoms with Crippen molar-refractivity contribution in [2.45, 2.75) is 53.9 Å². The molecule has 240 valence electrons. The lowest BCUT2D eigenvalue weighted by Crippen LogP contribution is -2.30. The Labute approximate surface area is 259 Å². The van der Waals surface area contributed by atoms with Crippen LogP contribution in [0.15, 0.2) is 77.0 Å². The van der Waals surface area contributed by atoms with Crippen molar-refractivity contribution in [2.24, 2.45) is 10.4 Å². The largest absolute Gasteiger partial charge is 0.493 e. The quantitative estimate of drug-likeness (QED) is 0.119. The number of benzene rings is 1. The molecule has 0 aromatic heterocycles. The highest BCUT2D eigenvalue weighted by Crippen LogP contribution is 2.24. The molecule has 0 atom stereocenters. The van der Waals surface area contributed by atoms with Gasteiger partial charge in [-0.25, -0.2) is 0 Å². The average molecular weight is 599 g/mol. The summed E-state index contributed by atoms with van der Waals surface area (Å²) < 4.78 is 23.1. The number of dihydropyridines is 1. The minimum absolute atomic E-state index is 0.329. The summed E-state index contributed by atoms with van der Waals surface area (Å²) in [5.41, 5.74) is 2.19. The number of hydrogen-bond acceptors (Lipinski definition) is 8. The van der Waals surface area contributed by atoms with E-state index in [-0.39, 0.29) is 0 Å². The Balaban J connectivity index is 0.000000720. The van der Waals surface area contributed by atoms with Gasteiger partial charge >= 0.3 is 0 Å². The molecule has 1 aromatic carbocycles. The summed E-state index contributed by atoms with van der Waals surface area (Å²) in [6.45, 7) is 20.0. The Kier molecular flexibility index (Phi) is 19.2. The van der Waals surface area contributed by atoms with Gasteiger partial charge < -0.3 is 29.6 Å². The van der Waals surface area contributed by atoms with E-state index in [0.717, 1.165) is 81.5 Å². The molecule has 2 aliphatic heterocycles. The first-order chi connectivity index (χ1) is 20.8. The van der Waals surface area contributed by atoms with Gasteiger partial charge in [0.25, 0.3) is 0 Å². The van der Waals surface area contributed by atoms with Crippen LogP contribution in [-0.2, 0) is 19.0 Å². The Morgan fingerprint density at radius 2 is 1.88 bits per heavy atom. The minimum atomic E-state index is 0.329. The predicted molar refractivity (Wildman–Crippen MR) is 177 cm³/mol. The number of ether oxygens (including phenoxy) is 4. The molecule has 0 radical (unpaired) electrons. The van der Waals surface area contributed by atoms with Crippen LogP contribution in [0.4, 0.5) is 5.69 Å². The highest BCUT2D eigenvalue weighted by atomic mass is 16.5. The van der Waals surface area contributed by atoms with Crippen molar-refractivity contribution in [1.29, 1.82) is 0 Å². The maximum Gasteiger partial charge on any atom is 0.207 e. The van der Waals surface area contributed by atoms with Crippen molar-refractivity contribution >= 4 is 18.3 Å². The normalized spacial score (nSPS) is 16.5. The van der Waals surface area contributed by atoms with E-state index >= 15 is 0 Å². The van der Waals surface area contributed by atoms with Crippen LogP contribution >= 0.6 is 0 Å². The van der Waals surface area contributed by atoms with Crippen LogP contribution in [0.1, 0.15) is 53.9 Å².